The molecule has 1 atom stereocenters. The molecule has 2 aromatic rings. The highest BCUT2D eigenvalue weighted by Crippen LogP contribution is 2.39. The molecule has 0 aliphatic carbocycles. The van der Waals surface area contributed by atoms with Gasteiger partial charge < -0.3 is 10.1 Å². The van der Waals surface area contributed by atoms with Crippen LogP contribution in [-0.2, 0) is 31.9 Å². The smallest absolute Gasteiger partial charge is 0.368 e. The van der Waals surface area contributed by atoms with Gasteiger partial charge in [0.1, 0.15) is 6.10 Å². The first-order chi connectivity index (χ1) is 14.8. The van der Waals surface area contributed by atoms with Crippen molar-refractivity contribution in [2.75, 3.05) is 16.6 Å². The summed E-state index contributed by atoms with van der Waals surface area (Å²) in [6.45, 7) is 0.339. The predicted octanol–water partition coefficient (Wildman–Crippen LogP) is 4.64. The van der Waals surface area contributed by atoms with Crippen LogP contribution in [0.3, 0.4) is 0 Å². The van der Waals surface area contributed by atoms with E-state index in [9.17, 15) is 39.6 Å². The number of sulfonamides is 1. The number of anilines is 2. The summed E-state index contributed by atoms with van der Waals surface area (Å²) >= 11 is 0. The lowest BCUT2D eigenvalue weighted by molar-refractivity contribution is -0.140. The first kappa shape index (κ1) is 23.9. The van der Waals surface area contributed by atoms with Crippen molar-refractivity contribution in [1.82, 2.24) is 0 Å². The molecule has 32 heavy (non-hydrogen) atoms. The molecule has 6 nitrogen and oxygen atoms in total. The van der Waals surface area contributed by atoms with E-state index in [0.717, 1.165) is 18.2 Å². The number of hydrogen-bond donors (Lipinski definition) is 2. The van der Waals surface area contributed by atoms with Gasteiger partial charge in [-0.05, 0) is 43.2 Å². The van der Waals surface area contributed by atoms with Gasteiger partial charge in [0.15, 0.2) is 0 Å². The first-order valence-electron chi connectivity index (χ1n) is 9.12. The number of ether oxygens (including phenoxy) is 1. The minimum Gasteiger partial charge on any atom is -0.368 e. The highest BCUT2D eigenvalue weighted by molar-refractivity contribution is 7.92. The second-order valence-electron chi connectivity index (χ2n) is 6.85. The number of hydrogen-bond acceptors (Lipinski definition) is 4. The lowest BCUT2D eigenvalue weighted by Crippen LogP contribution is -2.27. The van der Waals surface area contributed by atoms with E-state index < -0.39 is 56.1 Å². The molecule has 1 saturated heterocycles. The van der Waals surface area contributed by atoms with Gasteiger partial charge in [-0.2, -0.15) is 26.3 Å². The highest BCUT2D eigenvalue weighted by Gasteiger charge is 2.39. The summed E-state index contributed by atoms with van der Waals surface area (Å²) in [5, 5.41) is 2.26. The molecule has 1 amide bonds. The van der Waals surface area contributed by atoms with Gasteiger partial charge in [0.05, 0.1) is 21.7 Å². The molecule has 3 rings (SSSR count). The highest BCUT2D eigenvalue weighted by atomic mass is 32.2. The number of nitrogens with one attached hydrogen (secondary N) is 2. The van der Waals surface area contributed by atoms with Crippen molar-refractivity contribution >= 4 is 27.3 Å². The maximum Gasteiger partial charge on any atom is 0.418 e. The van der Waals surface area contributed by atoms with Gasteiger partial charge in [0, 0.05) is 12.3 Å². The largest absolute Gasteiger partial charge is 0.418 e. The number of amides is 1. The van der Waals surface area contributed by atoms with E-state index in [0.29, 0.717) is 43.7 Å². The molecular weight excluding hydrogens is 466 g/mol. The number of benzene rings is 2. The van der Waals surface area contributed by atoms with Crippen LogP contribution < -0.4 is 10.0 Å². The molecule has 1 fully saturated rings. The van der Waals surface area contributed by atoms with E-state index in [4.69, 9.17) is 4.74 Å². The Morgan fingerprint density at radius 1 is 0.969 bits per heavy atom. The fourth-order valence-electron chi connectivity index (χ4n) is 3.09. The van der Waals surface area contributed by atoms with Gasteiger partial charge in [-0.1, -0.05) is 12.1 Å². The standard InChI is InChI=1S/C19H16F6N2O4S/c20-18(21,22)12-4-1-2-6-16(12)32(29,30)27-14-8-7-11(10-13(14)19(23,24)25)26-17(28)15-5-3-9-31-15/h1-2,4,6-8,10,15,27H,3,5,9H2,(H,26,28). The summed E-state index contributed by atoms with van der Waals surface area (Å²) in [4.78, 5) is 10.8. The Bertz CT molecular complexity index is 1110. The van der Waals surface area contributed by atoms with E-state index in [-0.39, 0.29) is 5.69 Å². The summed E-state index contributed by atoms with van der Waals surface area (Å²) in [6, 6.07) is 5.29. The maximum absolute atomic E-state index is 13.6. The van der Waals surface area contributed by atoms with Crippen molar-refractivity contribution in [1.29, 1.82) is 0 Å². The summed E-state index contributed by atoms with van der Waals surface area (Å²) in [5.41, 5.74) is -4.29. The van der Waals surface area contributed by atoms with Crippen LogP contribution in [0.4, 0.5) is 37.7 Å². The quantitative estimate of drug-likeness (QED) is 0.608. The van der Waals surface area contributed by atoms with Gasteiger partial charge in [-0.15, -0.1) is 0 Å². The Hall–Kier alpha value is -2.80. The molecule has 2 aromatic carbocycles. The molecule has 1 heterocycles. The molecule has 174 valence electrons. The fraction of sp³-hybridized carbons (Fsp3) is 0.316. The Labute approximate surface area is 178 Å². The van der Waals surface area contributed by atoms with Crippen LogP contribution in [0, 0.1) is 0 Å². The van der Waals surface area contributed by atoms with E-state index in [1.807, 2.05) is 0 Å². The maximum atomic E-state index is 13.6. The zero-order valence-corrected chi connectivity index (χ0v) is 16.9. The lowest BCUT2D eigenvalue weighted by Gasteiger charge is -2.18. The molecule has 1 aliphatic rings. The second-order valence-corrected chi connectivity index (χ2v) is 8.50. The predicted molar refractivity (Wildman–Crippen MR) is 101 cm³/mol. The third-order valence-electron chi connectivity index (χ3n) is 4.54. The van der Waals surface area contributed by atoms with Crippen LogP contribution in [0.5, 0.6) is 0 Å². The number of carbonyl (C=O) groups excluding carboxylic acids is 1. The van der Waals surface area contributed by atoms with Crippen LogP contribution >= 0.6 is 0 Å². The van der Waals surface area contributed by atoms with Crippen LogP contribution in [0.25, 0.3) is 0 Å². The zero-order valence-electron chi connectivity index (χ0n) is 16.0. The second kappa shape index (κ2) is 8.62. The fourth-order valence-corrected chi connectivity index (χ4v) is 4.40. The summed E-state index contributed by atoms with van der Waals surface area (Å²) in [6.07, 6.45) is -9.93. The molecule has 2 N–H and O–H groups in total. The Morgan fingerprint density at radius 3 is 2.22 bits per heavy atom. The molecule has 1 unspecified atom stereocenters. The van der Waals surface area contributed by atoms with Crippen LogP contribution in [0.15, 0.2) is 47.4 Å². The van der Waals surface area contributed by atoms with Crippen molar-refractivity contribution in [2.45, 2.75) is 36.2 Å². The third kappa shape index (κ3) is 5.33. The van der Waals surface area contributed by atoms with Crippen molar-refractivity contribution < 1.29 is 44.3 Å². The molecular formula is C19H16F6N2O4S. The van der Waals surface area contributed by atoms with Crippen LogP contribution in [-0.4, -0.2) is 27.0 Å². The van der Waals surface area contributed by atoms with Gasteiger partial charge in [0.2, 0.25) is 0 Å². The van der Waals surface area contributed by atoms with E-state index in [2.05, 4.69) is 5.32 Å². The average Bonchev–Trinajstić information content (AvgIpc) is 3.22. The van der Waals surface area contributed by atoms with Gasteiger partial charge >= 0.3 is 12.4 Å². The number of rotatable bonds is 5. The molecule has 0 aromatic heterocycles. The normalized spacial score (nSPS) is 17.2. The summed E-state index contributed by atoms with van der Waals surface area (Å²) < 4.78 is 112. The third-order valence-corrected chi connectivity index (χ3v) is 5.96. The van der Waals surface area contributed by atoms with Crippen molar-refractivity contribution in [3.8, 4) is 0 Å². The molecule has 0 saturated carbocycles. The molecule has 13 heteroatoms. The average molecular weight is 482 g/mol. The van der Waals surface area contributed by atoms with Gasteiger partial charge in [-0.25, -0.2) is 8.42 Å². The minimum atomic E-state index is -5.08. The Balaban J connectivity index is 1.95. The zero-order chi connectivity index (χ0) is 23.7. The van der Waals surface area contributed by atoms with E-state index in [1.54, 1.807) is 4.72 Å². The first-order valence-corrected chi connectivity index (χ1v) is 10.6. The number of carbonyl (C=O) groups is 1. The number of halogens is 6. The Morgan fingerprint density at radius 2 is 1.62 bits per heavy atom. The van der Waals surface area contributed by atoms with Crippen molar-refractivity contribution in [3.63, 3.8) is 0 Å². The van der Waals surface area contributed by atoms with Gasteiger partial charge in [-0.3, -0.25) is 9.52 Å². The van der Waals surface area contributed by atoms with Crippen molar-refractivity contribution in [2.24, 2.45) is 0 Å². The molecule has 1 aliphatic heterocycles. The molecule has 0 bridgehead atoms. The van der Waals surface area contributed by atoms with Gasteiger partial charge in [0.25, 0.3) is 15.9 Å². The minimum absolute atomic E-state index is 0.281. The Kier molecular flexibility index (Phi) is 6.43. The SMILES string of the molecule is O=C(Nc1ccc(NS(=O)(=O)c2ccccc2C(F)(F)F)c(C(F)(F)F)c1)C1CCCO1. The number of alkyl halides is 6. The van der Waals surface area contributed by atoms with Crippen LogP contribution in [0.2, 0.25) is 0 Å². The van der Waals surface area contributed by atoms with Crippen LogP contribution in [0.1, 0.15) is 24.0 Å². The molecule has 0 radical (unpaired) electrons. The topological polar surface area (TPSA) is 84.5 Å². The van der Waals surface area contributed by atoms with E-state index in [1.165, 1.54) is 0 Å². The molecule has 0 spiro atoms. The monoisotopic (exact) mass is 482 g/mol. The van der Waals surface area contributed by atoms with Crippen molar-refractivity contribution in [3.05, 3.63) is 53.6 Å². The van der Waals surface area contributed by atoms with E-state index >= 15 is 0 Å². The lowest BCUT2D eigenvalue weighted by atomic mass is 10.1. The summed E-state index contributed by atoms with van der Waals surface area (Å²) in [5.74, 6) is -0.664. The summed E-state index contributed by atoms with van der Waals surface area (Å²) in [7, 11) is -5.04.